The summed E-state index contributed by atoms with van der Waals surface area (Å²) in [6, 6.07) is 15.5. The number of aldehydes is 1. The van der Waals surface area contributed by atoms with Gasteiger partial charge in [0.2, 0.25) is 0 Å². The fourth-order valence-electron chi connectivity index (χ4n) is 2.10. The van der Waals surface area contributed by atoms with E-state index in [1.807, 2.05) is 12.1 Å². The van der Waals surface area contributed by atoms with Crippen molar-refractivity contribution in [2.45, 2.75) is 0 Å². The molecule has 1 amide bonds. The van der Waals surface area contributed by atoms with E-state index in [9.17, 15) is 9.59 Å². The number of anilines is 1. The van der Waals surface area contributed by atoms with Gasteiger partial charge in [-0.05, 0) is 30.3 Å². The highest BCUT2D eigenvalue weighted by Gasteiger charge is 2.17. The van der Waals surface area contributed by atoms with Crippen molar-refractivity contribution < 1.29 is 19.1 Å². The summed E-state index contributed by atoms with van der Waals surface area (Å²) in [5, 5.41) is 8.93. The Balaban J connectivity index is 2.11. The summed E-state index contributed by atoms with van der Waals surface area (Å²) in [5.41, 5.74) is 1.07. The van der Waals surface area contributed by atoms with E-state index in [0.29, 0.717) is 29.0 Å². The Morgan fingerprint density at radius 2 is 1.96 bits per heavy atom. The fraction of sp³-hybridized carbons (Fsp3) is 0.167. The Bertz CT molecular complexity index is 753. The Morgan fingerprint density at radius 1 is 1.21 bits per heavy atom. The van der Waals surface area contributed by atoms with Gasteiger partial charge in [-0.2, -0.15) is 5.26 Å². The van der Waals surface area contributed by atoms with Gasteiger partial charge in [0, 0.05) is 11.3 Å². The average molecular weight is 324 g/mol. The van der Waals surface area contributed by atoms with Crippen molar-refractivity contribution in [2.24, 2.45) is 0 Å². The van der Waals surface area contributed by atoms with Crippen molar-refractivity contribution in [1.29, 1.82) is 5.26 Å². The molecule has 2 aromatic rings. The van der Waals surface area contributed by atoms with Gasteiger partial charge >= 0.3 is 0 Å². The monoisotopic (exact) mass is 324 g/mol. The first-order valence-corrected chi connectivity index (χ1v) is 7.18. The largest absolute Gasteiger partial charge is 0.493 e. The van der Waals surface area contributed by atoms with Gasteiger partial charge in [0.25, 0.3) is 5.91 Å². The van der Waals surface area contributed by atoms with Crippen LogP contribution in [0, 0.1) is 11.3 Å². The summed E-state index contributed by atoms with van der Waals surface area (Å²) >= 11 is 0. The summed E-state index contributed by atoms with van der Waals surface area (Å²) in [4.78, 5) is 24.5. The van der Waals surface area contributed by atoms with Crippen LogP contribution in [-0.2, 0) is 4.79 Å². The van der Waals surface area contributed by atoms with Gasteiger partial charge < -0.3 is 9.47 Å². The maximum Gasteiger partial charge on any atom is 0.265 e. The van der Waals surface area contributed by atoms with E-state index in [1.165, 1.54) is 18.1 Å². The van der Waals surface area contributed by atoms with Gasteiger partial charge in [0.1, 0.15) is 12.8 Å². The number of methoxy groups -OCH3 is 1. The number of carbonyl (C=O) groups excluding carboxylic acids is 2. The molecule has 6 nitrogen and oxygen atoms in total. The SMILES string of the molecule is COc1cc(C=O)ccc1OCC(=O)N(CC#N)c1ccccc1. The molecule has 0 fully saturated rings. The van der Waals surface area contributed by atoms with Gasteiger partial charge in [-0.25, -0.2) is 0 Å². The zero-order valence-corrected chi connectivity index (χ0v) is 13.1. The van der Waals surface area contributed by atoms with Crippen LogP contribution in [0.1, 0.15) is 10.4 Å². The van der Waals surface area contributed by atoms with E-state index >= 15 is 0 Å². The molecule has 0 radical (unpaired) electrons. The standard InChI is InChI=1S/C18H16N2O4/c1-23-17-11-14(12-21)7-8-16(17)24-13-18(22)20(10-9-19)15-5-3-2-4-6-15/h2-8,11-12H,10,13H2,1H3. The van der Waals surface area contributed by atoms with Crippen molar-refractivity contribution in [1.82, 2.24) is 0 Å². The second-order valence-corrected chi connectivity index (χ2v) is 4.79. The topological polar surface area (TPSA) is 79.6 Å². The molecule has 2 aromatic carbocycles. The van der Waals surface area contributed by atoms with Gasteiger partial charge in [0.15, 0.2) is 18.1 Å². The Kier molecular flexibility index (Phi) is 5.92. The minimum absolute atomic E-state index is 0.0760. The summed E-state index contributed by atoms with van der Waals surface area (Å²) in [6.45, 7) is -0.333. The Hall–Kier alpha value is -3.33. The minimum Gasteiger partial charge on any atom is -0.493 e. The lowest BCUT2D eigenvalue weighted by molar-refractivity contribution is -0.120. The van der Waals surface area contributed by atoms with Crippen molar-refractivity contribution in [3.8, 4) is 17.6 Å². The third-order valence-corrected chi connectivity index (χ3v) is 3.27. The number of rotatable bonds is 7. The van der Waals surface area contributed by atoms with Crippen molar-refractivity contribution >= 4 is 17.9 Å². The number of hydrogen-bond donors (Lipinski definition) is 0. The van der Waals surface area contributed by atoms with Crippen LogP contribution >= 0.6 is 0 Å². The molecule has 24 heavy (non-hydrogen) atoms. The number of amides is 1. The van der Waals surface area contributed by atoms with Crippen molar-refractivity contribution in [3.05, 3.63) is 54.1 Å². The molecule has 0 aliphatic heterocycles. The lowest BCUT2D eigenvalue weighted by Crippen LogP contribution is -2.35. The third-order valence-electron chi connectivity index (χ3n) is 3.27. The first-order chi connectivity index (χ1) is 11.7. The smallest absolute Gasteiger partial charge is 0.265 e. The average Bonchev–Trinajstić information content (AvgIpc) is 2.64. The highest BCUT2D eigenvalue weighted by Crippen LogP contribution is 2.27. The first kappa shape index (κ1) is 17.0. The van der Waals surface area contributed by atoms with Crippen LogP contribution in [-0.4, -0.2) is 32.5 Å². The summed E-state index contributed by atoms with van der Waals surface area (Å²) in [7, 11) is 1.45. The first-order valence-electron chi connectivity index (χ1n) is 7.18. The maximum atomic E-state index is 12.4. The van der Waals surface area contributed by atoms with E-state index in [0.717, 1.165) is 0 Å². The maximum absolute atomic E-state index is 12.4. The van der Waals surface area contributed by atoms with E-state index in [1.54, 1.807) is 36.4 Å². The number of para-hydroxylation sites is 1. The molecule has 2 rings (SSSR count). The third kappa shape index (κ3) is 4.11. The van der Waals surface area contributed by atoms with Crippen molar-refractivity contribution in [2.75, 3.05) is 25.2 Å². The lowest BCUT2D eigenvalue weighted by Gasteiger charge is -2.20. The molecule has 0 aromatic heterocycles. The van der Waals surface area contributed by atoms with Crippen LogP contribution < -0.4 is 14.4 Å². The van der Waals surface area contributed by atoms with Crippen molar-refractivity contribution in [3.63, 3.8) is 0 Å². The Labute approximate surface area is 139 Å². The molecular formula is C18H16N2O4. The molecule has 0 bridgehead atoms. The van der Waals surface area contributed by atoms with E-state index in [-0.39, 0.29) is 19.1 Å². The number of benzene rings is 2. The second kappa shape index (κ2) is 8.34. The van der Waals surface area contributed by atoms with Crippen LogP contribution in [0.3, 0.4) is 0 Å². The molecular weight excluding hydrogens is 308 g/mol. The molecule has 0 N–H and O–H groups in total. The summed E-state index contributed by atoms with van der Waals surface area (Å²) in [6.07, 6.45) is 0.696. The number of nitrogens with zero attached hydrogens (tertiary/aromatic N) is 2. The van der Waals surface area contributed by atoms with Crippen LogP contribution in [0.25, 0.3) is 0 Å². The molecule has 0 saturated carbocycles. The molecule has 0 atom stereocenters. The molecule has 0 spiro atoms. The fourth-order valence-corrected chi connectivity index (χ4v) is 2.10. The van der Waals surface area contributed by atoms with E-state index in [4.69, 9.17) is 14.7 Å². The summed E-state index contributed by atoms with van der Waals surface area (Å²) < 4.78 is 10.6. The number of nitriles is 1. The predicted octanol–water partition coefficient (Wildman–Crippen LogP) is 2.44. The normalized spacial score (nSPS) is 9.67. The van der Waals surface area contributed by atoms with E-state index in [2.05, 4.69) is 0 Å². The molecule has 0 saturated heterocycles. The lowest BCUT2D eigenvalue weighted by atomic mass is 10.2. The Morgan fingerprint density at radius 3 is 2.58 bits per heavy atom. The number of ether oxygens (including phenoxy) is 2. The zero-order valence-electron chi connectivity index (χ0n) is 13.1. The highest BCUT2D eigenvalue weighted by atomic mass is 16.5. The van der Waals surface area contributed by atoms with Crippen LogP contribution in [0.4, 0.5) is 5.69 Å². The van der Waals surface area contributed by atoms with Gasteiger partial charge in [-0.1, -0.05) is 18.2 Å². The van der Waals surface area contributed by atoms with Gasteiger partial charge in [-0.3, -0.25) is 14.5 Å². The van der Waals surface area contributed by atoms with Gasteiger partial charge in [-0.15, -0.1) is 0 Å². The van der Waals surface area contributed by atoms with Crippen LogP contribution in [0.5, 0.6) is 11.5 Å². The quantitative estimate of drug-likeness (QED) is 0.577. The molecule has 6 heteroatoms. The van der Waals surface area contributed by atoms with Gasteiger partial charge in [0.05, 0.1) is 13.2 Å². The van der Waals surface area contributed by atoms with Crippen LogP contribution in [0.2, 0.25) is 0 Å². The molecule has 0 heterocycles. The molecule has 122 valence electrons. The second-order valence-electron chi connectivity index (χ2n) is 4.79. The van der Waals surface area contributed by atoms with E-state index < -0.39 is 0 Å². The highest BCUT2D eigenvalue weighted by molar-refractivity contribution is 5.94. The number of hydrogen-bond acceptors (Lipinski definition) is 5. The molecule has 0 aliphatic carbocycles. The summed E-state index contributed by atoms with van der Waals surface area (Å²) in [5.74, 6) is 0.352. The molecule has 0 aliphatic rings. The number of carbonyl (C=O) groups is 2. The minimum atomic E-state index is -0.357. The molecule has 0 unspecified atom stereocenters. The van der Waals surface area contributed by atoms with Crippen LogP contribution in [0.15, 0.2) is 48.5 Å². The predicted molar refractivity (Wildman–Crippen MR) is 88.3 cm³/mol. The zero-order chi connectivity index (χ0) is 17.4.